The fourth-order valence-corrected chi connectivity index (χ4v) is 2.20. The Kier molecular flexibility index (Phi) is 6.09. The van der Waals surface area contributed by atoms with Gasteiger partial charge in [0.2, 0.25) is 0 Å². The predicted molar refractivity (Wildman–Crippen MR) is 71.7 cm³/mol. The molecule has 0 aliphatic carbocycles. The van der Waals surface area contributed by atoms with Crippen molar-refractivity contribution in [2.75, 3.05) is 14.2 Å². The molecule has 0 saturated heterocycles. The van der Waals surface area contributed by atoms with E-state index in [4.69, 9.17) is 4.74 Å². The molecule has 2 unspecified atom stereocenters. The highest BCUT2D eigenvalue weighted by atomic mass is 79.9. The summed E-state index contributed by atoms with van der Waals surface area (Å²) >= 11 is 3.29. The minimum absolute atomic E-state index is 0.194. The summed E-state index contributed by atoms with van der Waals surface area (Å²) in [4.78, 5) is 0. The highest BCUT2D eigenvalue weighted by Crippen LogP contribution is 2.22. The zero-order chi connectivity index (χ0) is 12.8. The molecule has 2 nitrogen and oxygen atoms in total. The predicted octanol–water partition coefficient (Wildman–Crippen LogP) is 3.14. The molecule has 0 amide bonds. The number of ether oxygens (including phenoxy) is 1. The van der Waals surface area contributed by atoms with Crippen LogP contribution in [-0.2, 0) is 11.2 Å². The second-order valence-electron chi connectivity index (χ2n) is 4.18. The van der Waals surface area contributed by atoms with Crippen molar-refractivity contribution in [2.24, 2.45) is 0 Å². The lowest BCUT2D eigenvalue weighted by molar-refractivity contribution is 0.101. The van der Waals surface area contributed by atoms with Gasteiger partial charge >= 0.3 is 0 Å². The molecule has 1 N–H and O–H groups in total. The Bertz CT molecular complexity index is 359. The van der Waals surface area contributed by atoms with E-state index in [9.17, 15) is 4.39 Å². The summed E-state index contributed by atoms with van der Waals surface area (Å²) in [5, 5.41) is 3.24. The fraction of sp³-hybridized carbons (Fsp3) is 0.538. The second-order valence-corrected chi connectivity index (χ2v) is 4.98. The van der Waals surface area contributed by atoms with Crippen LogP contribution in [0.4, 0.5) is 4.39 Å². The lowest BCUT2D eigenvalue weighted by Crippen LogP contribution is -2.31. The smallest absolute Gasteiger partial charge is 0.137 e. The van der Waals surface area contributed by atoms with E-state index in [-0.39, 0.29) is 18.0 Å². The van der Waals surface area contributed by atoms with Gasteiger partial charge in [-0.1, -0.05) is 12.1 Å². The van der Waals surface area contributed by atoms with Crippen molar-refractivity contribution < 1.29 is 9.13 Å². The number of rotatable bonds is 6. The number of hydrogen-bond donors (Lipinski definition) is 1. The van der Waals surface area contributed by atoms with Crippen LogP contribution in [0, 0.1) is 5.82 Å². The van der Waals surface area contributed by atoms with Crippen LogP contribution in [0.3, 0.4) is 0 Å². The zero-order valence-corrected chi connectivity index (χ0v) is 12.1. The van der Waals surface area contributed by atoms with Crippen molar-refractivity contribution in [3.8, 4) is 0 Å². The van der Waals surface area contributed by atoms with E-state index < -0.39 is 0 Å². The van der Waals surface area contributed by atoms with Crippen molar-refractivity contribution in [1.82, 2.24) is 5.32 Å². The third-order valence-corrected chi connectivity index (χ3v) is 3.81. The Labute approximate surface area is 111 Å². The average molecular weight is 304 g/mol. The summed E-state index contributed by atoms with van der Waals surface area (Å²) in [5.74, 6) is -0.211. The number of methoxy groups -OCH3 is 1. The van der Waals surface area contributed by atoms with Gasteiger partial charge in [-0.2, -0.15) is 0 Å². The van der Waals surface area contributed by atoms with E-state index in [2.05, 4.69) is 21.2 Å². The van der Waals surface area contributed by atoms with Crippen LogP contribution in [0.15, 0.2) is 22.7 Å². The molecule has 4 heteroatoms. The minimum Gasteiger partial charge on any atom is -0.382 e. The van der Waals surface area contributed by atoms with Crippen LogP contribution < -0.4 is 5.32 Å². The van der Waals surface area contributed by atoms with Gasteiger partial charge in [0.05, 0.1) is 10.6 Å². The molecule has 0 aliphatic rings. The molecule has 17 heavy (non-hydrogen) atoms. The van der Waals surface area contributed by atoms with Gasteiger partial charge in [0, 0.05) is 13.2 Å². The first-order valence-corrected chi connectivity index (χ1v) is 6.50. The van der Waals surface area contributed by atoms with Gasteiger partial charge in [0.15, 0.2) is 0 Å². The van der Waals surface area contributed by atoms with Gasteiger partial charge in [0.1, 0.15) is 5.82 Å². The first-order chi connectivity index (χ1) is 8.08. The van der Waals surface area contributed by atoms with Gasteiger partial charge in [-0.3, -0.25) is 0 Å². The zero-order valence-electron chi connectivity index (χ0n) is 10.5. The quantitative estimate of drug-likeness (QED) is 0.872. The standard InChI is InChI=1S/C13H19BrFNO/c1-9(17-3)7-11(16-2)8-10-5-4-6-12(15)13(10)14/h4-6,9,11,16H,7-8H2,1-3H3. The van der Waals surface area contributed by atoms with Gasteiger partial charge in [-0.15, -0.1) is 0 Å². The normalized spacial score (nSPS) is 14.6. The molecule has 0 aromatic heterocycles. The molecule has 0 heterocycles. The maximum atomic E-state index is 13.4. The highest BCUT2D eigenvalue weighted by Gasteiger charge is 2.14. The molecule has 0 bridgehead atoms. The van der Waals surface area contributed by atoms with E-state index in [0.29, 0.717) is 4.47 Å². The Balaban J connectivity index is 2.70. The SMILES string of the molecule is CNC(Cc1cccc(F)c1Br)CC(C)OC. The van der Waals surface area contributed by atoms with Crippen molar-refractivity contribution >= 4 is 15.9 Å². The molecule has 0 fully saturated rings. The Morgan fingerprint density at radius 3 is 2.76 bits per heavy atom. The molecule has 1 aromatic carbocycles. The summed E-state index contributed by atoms with van der Waals surface area (Å²) in [6, 6.07) is 5.42. The molecule has 2 atom stereocenters. The van der Waals surface area contributed by atoms with Gasteiger partial charge < -0.3 is 10.1 Å². The summed E-state index contributed by atoms with van der Waals surface area (Å²) in [7, 11) is 3.62. The number of likely N-dealkylation sites (N-methyl/N-ethyl adjacent to an activating group) is 1. The first-order valence-electron chi connectivity index (χ1n) is 5.71. The van der Waals surface area contributed by atoms with Crippen molar-refractivity contribution in [3.05, 3.63) is 34.1 Å². The van der Waals surface area contributed by atoms with Crippen LogP contribution in [0.5, 0.6) is 0 Å². The van der Waals surface area contributed by atoms with Crippen LogP contribution in [0.25, 0.3) is 0 Å². The van der Waals surface area contributed by atoms with E-state index in [1.807, 2.05) is 20.0 Å². The second kappa shape index (κ2) is 7.09. The van der Waals surface area contributed by atoms with Crippen molar-refractivity contribution in [3.63, 3.8) is 0 Å². The molecule has 0 saturated carbocycles. The Morgan fingerprint density at radius 1 is 1.47 bits per heavy atom. The minimum atomic E-state index is -0.211. The Morgan fingerprint density at radius 2 is 2.18 bits per heavy atom. The third-order valence-electron chi connectivity index (χ3n) is 2.92. The monoisotopic (exact) mass is 303 g/mol. The number of halogens is 2. The first kappa shape index (κ1) is 14.6. The van der Waals surface area contributed by atoms with Crippen molar-refractivity contribution in [1.29, 1.82) is 0 Å². The van der Waals surface area contributed by atoms with E-state index in [0.717, 1.165) is 18.4 Å². The summed E-state index contributed by atoms with van der Waals surface area (Å²) in [6.07, 6.45) is 1.87. The van der Waals surface area contributed by atoms with Crippen LogP contribution in [0.1, 0.15) is 18.9 Å². The third kappa shape index (κ3) is 4.37. The van der Waals surface area contributed by atoms with Crippen LogP contribution >= 0.6 is 15.9 Å². The molecule has 96 valence electrons. The molecule has 0 radical (unpaired) electrons. The number of nitrogens with one attached hydrogen (secondary N) is 1. The van der Waals surface area contributed by atoms with Crippen LogP contribution in [0.2, 0.25) is 0 Å². The van der Waals surface area contributed by atoms with E-state index in [1.165, 1.54) is 6.07 Å². The Hall–Kier alpha value is -0.450. The largest absolute Gasteiger partial charge is 0.382 e. The lowest BCUT2D eigenvalue weighted by atomic mass is 10.0. The maximum Gasteiger partial charge on any atom is 0.137 e. The van der Waals surface area contributed by atoms with Crippen LogP contribution in [-0.4, -0.2) is 26.3 Å². The molecule has 0 aliphatic heterocycles. The van der Waals surface area contributed by atoms with E-state index in [1.54, 1.807) is 13.2 Å². The molecule has 0 spiro atoms. The molecular formula is C13H19BrFNO. The molecular weight excluding hydrogens is 285 g/mol. The van der Waals surface area contributed by atoms with Gasteiger partial charge in [0.25, 0.3) is 0 Å². The molecule has 1 aromatic rings. The summed E-state index contributed by atoms with van der Waals surface area (Å²) < 4.78 is 19.2. The topological polar surface area (TPSA) is 21.3 Å². The summed E-state index contributed by atoms with van der Waals surface area (Å²) in [5.41, 5.74) is 0.979. The fourth-order valence-electron chi connectivity index (χ4n) is 1.77. The molecule has 1 rings (SSSR count). The number of hydrogen-bond acceptors (Lipinski definition) is 2. The van der Waals surface area contributed by atoms with Gasteiger partial charge in [-0.25, -0.2) is 4.39 Å². The number of benzene rings is 1. The lowest BCUT2D eigenvalue weighted by Gasteiger charge is -2.20. The summed E-state index contributed by atoms with van der Waals surface area (Å²) in [6.45, 7) is 2.03. The van der Waals surface area contributed by atoms with Crippen molar-refractivity contribution in [2.45, 2.75) is 31.9 Å². The maximum absolute atomic E-state index is 13.4. The van der Waals surface area contributed by atoms with Gasteiger partial charge in [-0.05, 0) is 54.4 Å². The van der Waals surface area contributed by atoms with E-state index >= 15 is 0 Å². The average Bonchev–Trinajstić information content (AvgIpc) is 2.33. The highest BCUT2D eigenvalue weighted by molar-refractivity contribution is 9.10.